The Bertz CT molecular complexity index is 608. The van der Waals surface area contributed by atoms with Gasteiger partial charge in [0.05, 0.1) is 5.41 Å². The topological polar surface area (TPSA) is 82.1 Å². The molecule has 0 aromatic heterocycles. The summed E-state index contributed by atoms with van der Waals surface area (Å²) in [6.07, 6.45) is 0.876. The zero-order chi connectivity index (χ0) is 18.4. The minimum Gasteiger partial charge on any atom is -0.481 e. The highest BCUT2D eigenvalue weighted by Crippen LogP contribution is 2.30. The van der Waals surface area contributed by atoms with Crippen LogP contribution in [-0.4, -0.2) is 72.8 Å². The fourth-order valence-corrected chi connectivity index (χ4v) is 3.54. The Labute approximate surface area is 153 Å². The highest BCUT2D eigenvalue weighted by Gasteiger charge is 2.40. The van der Waals surface area contributed by atoms with Crippen LogP contribution >= 0.6 is 0 Å². The van der Waals surface area contributed by atoms with Gasteiger partial charge in [-0.05, 0) is 18.4 Å². The summed E-state index contributed by atoms with van der Waals surface area (Å²) < 4.78 is 5.27. The van der Waals surface area contributed by atoms with Crippen LogP contribution in [0.2, 0.25) is 0 Å². The highest BCUT2D eigenvalue weighted by atomic mass is 16.5. The first kappa shape index (κ1) is 18.7. The fourth-order valence-electron chi connectivity index (χ4n) is 3.54. The van der Waals surface area contributed by atoms with Gasteiger partial charge < -0.3 is 20.1 Å². The van der Waals surface area contributed by atoms with Gasteiger partial charge in [0.25, 0.3) is 0 Å². The first-order valence-electron chi connectivity index (χ1n) is 9.19. The second-order valence-electron chi connectivity index (χ2n) is 7.11. The summed E-state index contributed by atoms with van der Waals surface area (Å²) in [6, 6.07) is 10.1. The number of benzene rings is 1. The van der Waals surface area contributed by atoms with Gasteiger partial charge in [-0.3, -0.25) is 9.69 Å². The van der Waals surface area contributed by atoms with Crippen molar-refractivity contribution in [1.82, 2.24) is 15.1 Å². The summed E-state index contributed by atoms with van der Waals surface area (Å²) in [5.74, 6) is -0.853. The maximum atomic E-state index is 12.4. The van der Waals surface area contributed by atoms with Crippen molar-refractivity contribution in [1.29, 1.82) is 0 Å². The van der Waals surface area contributed by atoms with Gasteiger partial charge in [0, 0.05) is 52.5 Å². The predicted octanol–water partition coefficient (Wildman–Crippen LogP) is 1.40. The number of carbonyl (C=O) groups excluding carboxylic acids is 1. The SMILES string of the molecule is O=C(NCC1(C(=O)O)CCOCC1)N1CCN(Cc2ccccc2)CC1. The molecule has 142 valence electrons. The number of nitrogens with zero attached hydrogens (tertiary/aromatic N) is 2. The molecule has 2 fully saturated rings. The van der Waals surface area contributed by atoms with Crippen LogP contribution in [0.1, 0.15) is 18.4 Å². The van der Waals surface area contributed by atoms with E-state index < -0.39 is 11.4 Å². The maximum Gasteiger partial charge on any atom is 0.317 e. The molecule has 1 aromatic carbocycles. The minimum atomic E-state index is -0.900. The summed E-state index contributed by atoms with van der Waals surface area (Å²) in [5.41, 5.74) is 0.372. The van der Waals surface area contributed by atoms with Crippen molar-refractivity contribution in [2.24, 2.45) is 5.41 Å². The standard InChI is InChI=1S/C19H27N3O4/c23-17(24)19(6-12-26-13-7-19)15-20-18(25)22-10-8-21(9-11-22)14-16-4-2-1-3-5-16/h1-5H,6-15H2,(H,20,25)(H,23,24). The fraction of sp³-hybridized carbons (Fsp3) is 0.579. The van der Waals surface area contributed by atoms with Crippen molar-refractivity contribution >= 4 is 12.0 Å². The lowest BCUT2D eigenvalue weighted by Crippen LogP contribution is -2.54. The number of nitrogens with one attached hydrogen (secondary N) is 1. The van der Waals surface area contributed by atoms with Gasteiger partial charge in [0.2, 0.25) is 0 Å². The van der Waals surface area contributed by atoms with E-state index in [0.29, 0.717) is 39.1 Å². The summed E-state index contributed by atoms with van der Waals surface area (Å²) in [7, 11) is 0. The zero-order valence-electron chi connectivity index (χ0n) is 15.0. The first-order valence-corrected chi connectivity index (χ1v) is 9.19. The summed E-state index contributed by atoms with van der Waals surface area (Å²) in [6.45, 7) is 4.86. The number of amides is 2. The Hall–Kier alpha value is -2.12. The second kappa shape index (κ2) is 8.51. The number of rotatable bonds is 5. The monoisotopic (exact) mass is 361 g/mol. The number of carbonyl (C=O) groups is 2. The lowest BCUT2D eigenvalue weighted by atomic mass is 9.80. The van der Waals surface area contributed by atoms with E-state index in [-0.39, 0.29) is 12.6 Å². The molecule has 2 N–H and O–H groups in total. The molecule has 0 unspecified atom stereocenters. The number of carboxylic acid groups (broad SMARTS) is 1. The van der Waals surface area contributed by atoms with E-state index >= 15 is 0 Å². The van der Waals surface area contributed by atoms with E-state index in [2.05, 4.69) is 22.3 Å². The van der Waals surface area contributed by atoms with Crippen LogP contribution in [-0.2, 0) is 16.1 Å². The number of carboxylic acids is 1. The predicted molar refractivity (Wildman–Crippen MR) is 96.8 cm³/mol. The molecule has 2 amide bonds. The Balaban J connectivity index is 1.45. The van der Waals surface area contributed by atoms with Crippen LogP contribution in [0, 0.1) is 5.41 Å². The van der Waals surface area contributed by atoms with Gasteiger partial charge in [-0.2, -0.15) is 0 Å². The van der Waals surface area contributed by atoms with E-state index in [9.17, 15) is 14.7 Å². The van der Waals surface area contributed by atoms with Gasteiger partial charge in [-0.15, -0.1) is 0 Å². The molecule has 7 heteroatoms. The number of ether oxygens (including phenoxy) is 1. The van der Waals surface area contributed by atoms with Crippen molar-refractivity contribution in [2.45, 2.75) is 19.4 Å². The quantitative estimate of drug-likeness (QED) is 0.828. The number of urea groups is 1. The average molecular weight is 361 g/mol. The van der Waals surface area contributed by atoms with E-state index in [0.717, 1.165) is 19.6 Å². The van der Waals surface area contributed by atoms with Crippen molar-refractivity contribution in [2.75, 3.05) is 45.9 Å². The van der Waals surface area contributed by atoms with Crippen LogP contribution in [0.3, 0.4) is 0 Å². The summed E-state index contributed by atoms with van der Waals surface area (Å²) in [4.78, 5) is 28.2. The molecule has 1 aromatic rings. The molecule has 0 saturated carbocycles. The summed E-state index contributed by atoms with van der Waals surface area (Å²) in [5, 5.41) is 12.4. The lowest BCUT2D eigenvalue weighted by molar-refractivity contribution is -0.154. The third-order valence-electron chi connectivity index (χ3n) is 5.39. The molecule has 0 atom stereocenters. The van der Waals surface area contributed by atoms with Gasteiger partial charge in [-0.1, -0.05) is 30.3 Å². The molecule has 7 nitrogen and oxygen atoms in total. The molecule has 2 heterocycles. The number of piperazine rings is 1. The number of hydrogen-bond donors (Lipinski definition) is 2. The highest BCUT2D eigenvalue weighted by molar-refractivity contribution is 5.78. The van der Waals surface area contributed by atoms with E-state index in [4.69, 9.17) is 4.74 Å². The van der Waals surface area contributed by atoms with Gasteiger partial charge in [0.1, 0.15) is 0 Å². The Kier molecular flexibility index (Phi) is 6.11. The van der Waals surface area contributed by atoms with Crippen LogP contribution in [0.25, 0.3) is 0 Å². The zero-order valence-corrected chi connectivity index (χ0v) is 15.0. The van der Waals surface area contributed by atoms with Gasteiger partial charge >= 0.3 is 12.0 Å². The third-order valence-corrected chi connectivity index (χ3v) is 5.39. The van der Waals surface area contributed by atoms with Gasteiger partial charge in [0.15, 0.2) is 0 Å². The number of hydrogen-bond acceptors (Lipinski definition) is 4. The molecule has 2 saturated heterocycles. The van der Waals surface area contributed by atoms with Crippen LogP contribution in [0.15, 0.2) is 30.3 Å². The Morgan fingerprint density at radius 1 is 1.08 bits per heavy atom. The average Bonchev–Trinajstić information content (AvgIpc) is 2.68. The normalized spacial score (nSPS) is 20.5. The molecule has 0 spiro atoms. The first-order chi connectivity index (χ1) is 12.6. The van der Waals surface area contributed by atoms with Crippen molar-refractivity contribution in [3.8, 4) is 0 Å². The second-order valence-corrected chi connectivity index (χ2v) is 7.11. The minimum absolute atomic E-state index is 0.161. The maximum absolute atomic E-state index is 12.4. The summed E-state index contributed by atoms with van der Waals surface area (Å²) >= 11 is 0. The smallest absolute Gasteiger partial charge is 0.317 e. The molecular formula is C19H27N3O4. The molecule has 2 aliphatic rings. The molecule has 2 aliphatic heterocycles. The van der Waals surface area contributed by atoms with Crippen molar-refractivity contribution in [3.05, 3.63) is 35.9 Å². The molecule has 26 heavy (non-hydrogen) atoms. The molecular weight excluding hydrogens is 334 g/mol. The Morgan fingerprint density at radius 2 is 1.73 bits per heavy atom. The van der Waals surface area contributed by atoms with E-state index in [1.54, 1.807) is 4.90 Å². The number of aliphatic carboxylic acids is 1. The van der Waals surface area contributed by atoms with Crippen molar-refractivity contribution < 1.29 is 19.4 Å². The van der Waals surface area contributed by atoms with Crippen LogP contribution in [0.4, 0.5) is 4.79 Å². The van der Waals surface area contributed by atoms with E-state index in [1.165, 1.54) is 5.56 Å². The van der Waals surface area contributed by atoms with Crippen LogP contribution < -0.4 is 5.32 Å². The molecule has 0 bridgehead atoms. The van der Waals surface area contributed by atoms with Gasteiger partial charge in [-0.25, -0.2) is 4.79 Å². The van der Waals surface area contributed by atoms with Crippen molar-refractivity contribution in [3.63, 3.8) is 0 Å². The lowest BCUT2D eigenvalue weighted by Gasteiger charge is -2.37. The molecule has 0 aliphatic carbocycles. The Morgan fingerprint density at radius 3 is 2.35 bits per heavy atom. The largest absolute Gasteiger partial charge is 0.481 e. The third kappa shape index (κ3) is 4.53. The molecule has 3 rings (SSSR count). The molecule has 0 radical (unpaired) electrons. The van der Waals surface area contributed by atoms with E-state index in [1.807, 2.05) is 18.2 Å². The van der Waals surface area contributed by atoms with Crippen LogP contribution in [0.5, 0.6) is 0 Å².